The maximum absolute atomic E-state index is 13.6. The van der Waals surface area contributed by atoms with E-state index in [9.17, 15) is 14.3 Å². The number of halogens is 2. The van der Waals surface area contributed by atoms with Gasteiger partial charge in [-0.1, -0.05) is 19.3 Å². The van der Waals surface area contributed by atoms with Crippen LogP contribution < -0.4 is 4.74 Å². The molecule has 0 aromatic heterocycles. The molecule has 2 rings (SSSR count). The molecule has 0 spiro atoms. The Hall–Kier alpha value is -1.10. The molecular formula is C14H16BrFO3. The summed E-state index contributed by atoms with van der Waals surface area (Å²) in [6.07, 6.45) is 3.90. The number of methoxy groups -OCH3 is 1. The lowest BCUT2D eigenvalue weighted by Gasteiger charge is -2.34. The Morgan fingerprint density at radius 2 is 2.00 bits per heavy atom. The topological polar surface area (TPSA) is 46.5 Å². The molecule has 0 saturated heterocycles. The summed E-state index contributed by atoms with van der Waals surface area (Å²) in [5, 5.41) is 9.66. The van der Waals surface area contributed by atoms with Crippen LogP contribution in [-0.4, -0.2) is 18.2 Å². The fourth-order valence-corrected chi connectivity index (χ4v) is 3.17. The van der Waals surface area contributed by atoms with E-state index in [4.69, 9.17) is 4.74 Å². The summed E-state index contributed by atoms with van der Waals surface area (Å²) in [6.45, 7) is 0. The third-order valence-electron chi connectivity index (χ3n) is 3.87. The van der Waals surface area contributed by atoms with Crippen LogP contribution in [-0.2, 0) is 10.2 Å². The fraction of sp³-hybridized carbons (Fsp3) is 0.500. The van der Waals surface area contributed by atoms with Gasteiger partial charge in [-0.3, -0.25) is 4.79 Å². The normalized spacial score (nSPS) is 18.1. The first kappa shape index (κ1) is 14.3. The van der Waals surface area contributed by atoms with E-state index in [1.54, 1.807) is 6.07 Å². The number of carboxylic acid groups (broad SMARTS) is 1. The van der Waals surface area contributed by atoms with Crippen LogP contribution in [0.2, 0.25) is 0 Å². The van der Waals surface area contributed by atoms with Crippen LogP contribution in [0.25, 0.3) is 0 Å². The summed E-state index contributed by atoms with van der Waals surface area (Å²) in [6, 6.07) is 2.80. The van der Waals surface area contributed by atoms with Crippen LogP contribution in [0.1, 0.15) is 37.7 Å². The predicted molar refractivity (Wildman–Crippen MR) is 73.1 cm³/mol. The van der Waals surface area contributed by atoms with Crippen molar-refractivity contribution >= 4 is 21.9 Å². The SMILES string of the molecule is COc1cc(F)c(Br)cc1C1(C(=O)O)CCCCC1. The molecule has 1 aromatic rings. The van der Waals surface area contributed by atoms with Gasteiger partial charge < -0.3 is 9.84 Å². The van der Waals surface area contributed by atoms with E-state index < -0.39 is 17.2 Å². The Kier molecular flexibility index (Phi) is 4.13. The Morgan fingerprint density at radius 3 is 2.53 bits per heavy atom. The number of hydrogen-bond donors (Lipinski definition) is 1. The molecule has 1 aliphatic rings. The van der Waals surface area contributed by atoms with E-state index in [1.165, 1.54) is 13.2 Å². The number of aliphatic carboxylic acids is 1. The van der Waals surface area contributed by atoms with Crippen molar-refractivity contribution in [2.75, 3.05) is 7.11 Å². The molecule has 1 fully saturated rings. The van der Waals surface area contributed by atoms with Crippen molar-refractivity contribution in [1.82, 2.24) is 0 Å². The predicted octanol–water partition coefficient (Wildman–Crippen LogP) is 3.88. The van der Waals surface area contributed by atoms with E-state index in [0.29, 0.717) is 24.2 Å². The van der Waals surface area contributed by atoms with Crippen LogP contribution in [0.3, 0.4) is 0 Å². The van der Waals surface area contributed by atoms with Gasteiger partial charge in [-0.2, -0.15) is 0 Å². The third-order valence-corrected chi connectivity index (χ3v) is 4.48. The summed E-state index contributed by atoms with van der Waals surface area (Å²) < 4.78 is 19.0. The molecule has 0 heterocycles. The number of benzene rings is 1. The zero-order valence-corrected chi connectivity index (χ0v) is 12.3. The Bertz CT molecular complexity index is 496. The smallest absolute Gasteiger partial charge is 0.314 e. The first-order valence-electron chi connectivity index (χ1n) is 6.28. The van der Waals surface area contributed by atoms with Crippen molar-refractivity contribution in [3.63, 3.8) is 0 Å². The molecule has 0 unspecified atom stereocenters. The van der Waals surface area contributed by atoms with E-state index in [1.807, 2.05) is 0 Å². The highest BCUT2D eigenvalue weighted by atomic mass is 79.9. The Balaban J connectivity index is 2.59. The van der Waals surface area contributed by atoms with E-state index in [2.05, 4.69) is 15.9 Å². The minimum Gasteiger partial charge on any atom is -0.496 e. The van der Waals surface area contributed by atoms with E-state index >= 15 is 0 Å². The Labute approximate surface area is 119 Å². The molecule has 19 heavy (non-hydrogen) atoms. The van der Waals surface area contributed by atoms with Gasteiger partial charge in [-0.25, -0.2) is 4.39 Å². The average Bonchev–Trinajstić information content (AvgIpc) is 2.42. The van der Waals surface area contributed by atoms with Gasteiger partial charge in [0.15, 0.2) is 0 Å². The molecule has 1 aromatic carbocycles. The number of carbonyl (C=O) groups is 1. The highest BCUT2D eigenvalue weighted by molar-refractivity contribution is 9.10. The van der Waals surface area contributed by atoms with Gasteiger partial charge in [-0.05, 0) is 34.8 Å². The highest BCUT2D eigenvalue weighted by Crippen LogP contribution is 2.45. The maximum Gasteiger partial charge on any atom is 0.314 e. The second kappa shape index (κ2) is 5.49. The maximum atomic E-state index is 13.6. The molecule has 0 amide bonds. The first-order valence-corrected chi connectivity index (χ1v) is 7.07. The Morgan fingerprint density at radius 1 is 1.37 bits per heavy atom. The van der Waals surface area contributed by atoms with Crippen LogP contribution >= 0.6 is 15.9 Å². The first-order chi connectivity index (χ1) is 9.01. The van der Waals surface area contributed by atoms with Crippen LogP contribution in [0.4, 0.5) is 4.39 Å². The van der Waals surface area contributed by atoms with Gasteiger partial charge in [0.25, 0.3) is 0 Å². The summed E-state index contributed by atoms with van der Waals surface area (Å²) in [5.74, 6) is -0.994. The van der Waals surface area contributed by atoms with Crippen molar-refractivity contribution in [2.24, 2.45) is 0 Å². The molecule has 0 atom stereocenters. The quantitative estimate of drug-likeness (QED) is 0.914. The van der Waals surface area contributed by atoms with E-state index in [0.717, 1.165) is 19.3 Å². The molecule has 3 nitrogen and oxygen atoms in total. The van der Waals surface area contributed by atoms with Crippen LogP contribution in [0.5, 0.6) is 5.75 Å². The molecule has 1 aliphatic carbocycles. The van der Waals surface area contributed by atoms with Gasteiger partial charge in [0.2, 0.25) is 0 Å². The molecule has 0 aliphatic heterocycles. The highest BCUT2D eigenvalue weighted by Gasteiger charge is 2.43. The molecule has 1 N–H and O–H groups in total. The summed E-state index contributed by atoms with van der Waals surface area (Å²) >= 11 is 3.13. The third kappa shape index (κ3) is 2.48. The molecule has 104 valence electrons. The number of rotatable bonds is 3. The summed E-state index contributed by atoms with van der Waals surface area (Å²) in [5.41, 5.74) is -0.393. The van der Waals surface area contributed by atoms with Crippen molar-refractivity contribution in [3.05, 3.63) is 28.0 Å². The number of carboxylic acids is 1. The standard InChI is InChI=1S/C14H16BrFO3/c1-19-12-8-11(16)10(15)7-9(12)14(13(17)18)5-3-2-4-6-14/h7-8H,2-6H2,1H3,(H,17,18). The molecule has 0 radical (unpaired) electrons. The lowest BCUT2D eigenvalue weighted by molar-refractivity contribution is -0.145. The molecule has 0 bridgehead atoms. The van der Waals surface area contributed by atoms with Crippen molar-refractivity contribution in [3.8, 4) is 5.75 Å². The van der Waals surface area contributed by atoms with Crippen molar-refractivity contribution < 1.29 is 19.0 Å². The largest absolute Gasteiger partial charge is 0.496 e. The minimum atomic E-state index is -0.959. The fourth-order valence-electron chi connectivity index (χ4n) is 2.83. The van der Waals surface area contributed by atoms with Gasteiger partial charge in [0.1, 0.15) is 11.6 Å². The van der Waals surface area contributed by atoms with Crippen molar-refractivity contribution in [2.45, 2.75) is 37.5 Å². The summed E-state index contributed by atoms with van der Waals surface area (Å²) in [4.78, 5) is 11.8. The minimum absolute atomic E-state index is 0.273. The van der Waals surface area contributed by atoms with Crippen LogP contribution in [0.15, 0.2) is 16.6 Å². The second-order valence-corrected chi connectivity index (χ2v) is 5.77. The summed E-state index contributed by atoms with van der Waals surface area (Å²) in [7, 11) is 1.44. The second-order valence-electron chi connectivity index (χ2n) is 4.91. The molecule has 1 saturated carbocycles. The zero-order valence-electron chi connectivity index (χ0n) is 10.7. The van der Waals surface area contributed by atoms with E-state index in [-0.39, 0.29) is 4.47 Å². The zero-order chi connectivity index (χ0) is 14.0. The molecule has 5 heteroatoms. The van der Waals surface area contributed by atoms with Crippen LogP contribution in [0, 0.1) is 5.82 Å². The number of hydrogen-bond acceptors (Lipinski definition) is 2. The number of ether oxygens (including phenoxy) is 1. The average molecular weight is 331 g/mol. The monoisotopic (exact) mass is 330 g/mol. The lowest BCUT2D eigenvalue weighted by Crippen LogP contribution is -2.38. The molecular weight excluding hydrogens is 315 g/mol. The van der Waals surface area contributed by atoms with Gasteiger partial charge in [0, 0.05) is 11.6 Å². The lowest BCUT2D eigenvalue weighted by atomic mass is 9.69. The van der Waals surface area contributed by atoms with Gasteiger partial charge in [0.05, 0.1) is 17.0 Å². The van der Waals surface area contributed by atoms with Gasteiger partial charge >= 0.3 is 5.97 Å². The van der Waals surface area contributed by atoms with Gasteiger partial charge in [-0.15, -0.1) is 0 Å². The van der Waals surface area contributed by atoms with Crippen molar-refractivity contribution in [1.29, 1.82) is 0 Å².